The highest BCUT2D eigenvalue weighted by Crippen LogP contribution is 2.41. The number of nitrogens with one attached hydrogen (secondary N) is 2. The maximum atomic E-state index is 14.8. The number of alkyl halides is 3. The minimum Gasteiger partial charge on any atom is -0.387 e. The molecule has 2 unspecified atom stereocenters. The summed E-state index contributed by atoms with van der Waals surface area (Å²) < 4.78 is 49.7. The fraction of sp³-hybridized carbons (Fsp3) is 0.512. The number of halogens is 5. The zero-order valence-corrected chi connectivity index (χ0v) is 37.3. The van der Waals surface area contributed by atoms with Crippen LogP contribution in [-0.4, -0.2) is 96.0 Å². The molecule has 12 nitrogen and oxygen atoms in total. The Hall–Kier alpha value is -4.61. The summed E-state index contributed by atoms with van der Waals surface area (Å²) in [7, 11) is 1.00. The quantitative estimate of drug-likeness (QED) is 0.0686. The number of Topliss-reactive ketones (excluding diaryl/α,β-unsaturated/α-hetero) is 1. The van der Waals surface area contributed by atoms with Gasteiger partial charge in [0.05, 0.1) is 31.8 Å². The monoisotopic (exact) mass is 914 g/mol. The molecule has 60 heavy (non-hydrogen) atoms. The Morgan fingerprint density at radius 1 is 0.933 bits per heavy atom. The minimum absolute atomic E-state index is 0.0508. The Morgan fingerprint density at radius 2 is 1.50 bits per heavy atom. The number of benzene rings is 2. The third-order valence-electron chi connectivity index (χ3n) is 8.87. The Morgan fingerprint density at radius 3 is 2.02 bits per heavy atom. The lowest BCUT2D eigenvalue weighted by Gasteiger charge is -2.41. The van der Waals surface area contributed by atoms with Crippen LogP contribution in [0.2, 0.25) is 0 Å². The molecule has 0 spiro atoms. The molecule has 7 N–H and O–H groups in total. The SMILES string of the molecule is CC(C)(C)C(c1cc(-c2cc(F)ccc2F)cn1Cc1ccccc1)N(CCC(N)C(N)=O)C(=O)CO.CC(C)=O.CF.CF.O=C(CBr)NCCNC(=O)C1CCCC1. The summed E-state index contributed by atoms with van der Waals surface area (Å²) in [6.45, 7) is 9.61. The van der Waals surface area contributed by atoms with E-state index in [2.05, 4.69) is 26.6 Å². The Labute approximate surface area is 360 Å². The summed E-state index contributed by atoms with van der Waals surface area (Å²) in [5.74, 6) is -1.93. The molecule has 1 heterocycles. The largest absolute Gasteiger partial charge is 0.387 e. The third kappa shape index (κ3) is 20.1. The second-order valence-electron chi connectivity index (χ2n) is 14.9. The first-order valence-corrected chi connectivity index (χ1v) is 20.5. The molecule has 2 aromatic carbocycles. The van der Waals surface area contributed by atoms with Crippen molar-refractivity contribution in [3.05, 3.63) is 83.7 Å². The van der Waals surface area contributed by atoms with Gasteiger partial charge in [0.25, 0.3) is 0 Å². The lowest BCUT2D eigenvalue weighted by atomic mass is 9.82. The van der Waals surface area contributed by atoms with E-state index in [1.165, 1.54) is 31.6 Å². The summed E-state index contributed by atoms with van der Waals surface area (Å²) in [6.07, 6.45) is 6.18. The van der Waals surface area contributed by atoms with E-state index in [9.17, 15) is 46.6 Å². The number of carbonyl (C=O) groups excluding carboxylic acids is 5. The first-order chi connectivity index (χ1) is 28.4. The van der Waals surface area contributed by atoms with Crippen molar-refractivity contribution >= 4 is 45.3 Å². The highest BCUT2D eigenvalue weighted by Gasteiger charge is 2.37. The van der Waals surface area contributed by atoms with Crippen molar-refractivity contribution < 1.29 is 46.6 Å². The van der Waals surface area contributed by atoms with E-state index in [1.54, 1.807) is 12.3 Å². The molecule has 2 atom stereocenters. The maximum Gasteiger partial charge on any atom is 0.248 e. The summed E-state index contributed by atoms with van der Waals surface area (Å²) in [5, 5.41) is 15.6. The Kier molecular flexibility index (Phi) is 27.3. The molecule has 1 aliphatic rings. The zero-order chi connectivity index (χ0) is 46.0. The fourth-order valence-corrected chi connectivity index (χ4v) is 6.49. The van der Waals surface area contributed by atoms with Crippen molar-refractivity contribution in [1.82, 2.24) is 20.1 Å². The van der Waals surface area contributed by atoms with E-state index >= 15 is 0 Å². The Bertz CT molecular complexity index is 1750. The van der Waals surface area contributed by atoms with Crippen molar-refractivity contribution in [3.63, 3.8) is 0 Å². The van der Waals surface area contributed by atoms with Gasteiger partial charge in [0.1, 0.15) is 24.0 Å². The molecule has 0 saturated heterocycles. The number of nitrogens with two attached hydrogens (primary N) is 2. The molecule has 3 aromatic rings. The van der Waals surface area contributed by atoms with E-state index in [0.717, 1.165) is 36.6 Å². The average Bonchev–Trinajstić information content (AvgIpc) is 3.91. The number of hydrogen-bond donors (Lipinski definition) is 5. The molecule has 1 saturated carbocycles. The van der Waals surface area contributed by atoms with Crippen LogP contribution in [0, 0.1) is 23.0 Å². The molecule has 0 aliphatic heterocycles. The second-order valence-corrected chi connectivity index (χ2v) is 15.4. The van der Waals surface area contributed by atoms with Crippen LogP contribution >= 0.6 is 15.9 Å². The number of aromatic nitrogens is 1. The van der Waals surface area contributed by atoms with Gasteiger partial charge in [-0.05, 0) is 68.4 Å². The summed E-state index contributed by atoms with van der Waals surface area (Å²) >= 11 is 3.05. The normalized spacial score (nSPS) is 12.9. The number of ketones is 1. The molecule has 0 bridgehead atoms. The number of aliphatic hydroxyl groups is 1. The zero-order valence-electron chi connectivity index (χ0n) is 35.7. The van der Waals surface area contributed by atoms with Gasteiger partial charge in [0, 0.05) is 55.1 Å². The molecule has 1 aliphatic carbocycles. The highest BCUT2D eigenvalue weighted by molar-refractivity contribution is 9.09. The van der Waals surface area contributed by atoms with Crippen molar-refractivity contribution in [2.24, 2.45) is 22.8 Å². The van der Waals surface area contributed by atoms with Crippen LogP contribution in [0.25, 0.3) is 11.1 Å². The highest BCUT2D eigenvalue weighted by atomic mass is 79.9. The maximum absolute atomic E-state index is 14.8. The first-order valence-electron chi connectivity index (χ1n) is 19.4. The van der Waals surface area contributed by atoms with Crippen LogP contribution in [-0.2, 0) is 30.5 Å². The smallest absolute Gasteiger partial charge is 0.248 e. The van der Waals surface area contributed by atoms with Gasteiger partial charge in [-0.1, -0.05) is 79.9 Å². The molecule has 4 amide bonds. The number of primary amides is 1. The van der Waals surface area contributed by atoms with E-state index in [4.69, 9.17) is 11.5 Å². The molecule has 17 heteroatoms. The Balaban J connectivity index is 0.00000125. The number of amides is 4. The number of nitrogens with zero attached hydrogens (tertiary/aromatic N) is 2. The van der Waals surface area contributed by atoms with Gasteiger partial charge in [-0.25, -0.2) is 8.78 Å². The van der Waals surface area contributed by atoms with Gasteiger partial charge in [-0.2, -0.15) is 0 Å². The lowest BCUT2D eigenvalue weighted by molar-refractivity contribution is -0.140. The van der Waals surface area contributed by atoms with E-state index in [1.807, 2.05) is 55.7 Å². The second kappa shape index (κ2) is 29.6. The number of aliphatic hydroxyl groups excluding tert-OH is 1. The fourth-order valence-electron chi connectivity index (χ4n) is 6.29. The molecule has 1 fully saturated rings. The van der Waals surface area contributed by atoms with Gasteiger partial charge >= 0.3 is 0 Å². The molecular formula is C43H63BrF4N6O6. The minimum atomic E-state index is -0.970. The predicted molar refractivity (Wildman–Crippen MR) is 230 cm³/mol. The molecule has 0 radical (unpaired) electrons. The van der Waals surface area contributed by atoms with Gasteiger partial charge in [0.2, 0.25) is 23.6 Å². The van der Waals surface area contributed by atoms with Crippen LogP contribution in [0.15, 0.2) is 60.8 Å². The van der Waals surface area contributed by atoms with Gasteiger partial charge < -0.3 is 41.5 Å². The van der Waals surface area contributed by atoms with E-state index < -0.39 is 47.6 Å². The van der Waals surface area contributed by atoms with Crippen molar-refractivity contribution in [3.8, 4) is 11.1 Å². The van der Waals surface area contributed by atoms with Gasteiger partial charge in [-0.3, -0.25) is 28.0 Å². The molecular weight excluding hydrogens is 852 g/mol. The lowest BCUT2D eigenvalue weighted by Crippen LogP contribution is -2.46. The van der Waals surface area contributed by atoms with E-state index in [0.29, 0.717) is 50.6 Å². The third-order valence-corrected chi connectivity index (χ3v) is 9.38. The molecule has 336 valence electrons. The standard InChI is InChI=1S/C28H34F2N4O3.C10H17BrN2O2.C3H6O.2CH3F/c1-28(2,3)26(34(25(36)17-35)12-11-23(31)27(32)37)24-13-19(21-14-20(29)9-10-22(21)30)16-33(24)15-18-7-5-4-6-8-18;11-7-9(14)12-5-6-13-10(15)8-3-1-2-4-8;1-3(2)4;2*1-2/h4-10,13-14,16,23,26,35H,11-12,15,17,31H2,1-3H3,(H2,32,37);8H,1-7H2,(H,12,14)(H,13,15);1-2H3;2*1H3. The van der Waals surface area contributed by atoms with E-state index in [-0.39, 0.29) is 42.0 Å². The van der Waals surface area contributed by atoms with Crippen molar-refractivity contribution in [1.29, 1.82) is 0 Å². The molecule has 1 aromatic heterocycles. The van der Waals surface area contributed by atoms with Crippen LogP contribution in [0.3, 0.4) is 0 Å². The summed E-state index contributed by atoms with van der Waals surface area (Å²) in [6, 6.07) is 13.0. The van der Waals surface area contributed by atoms with Crippen LogP contribution in [0.1, 0.15) is 84.0 Å². The predicted octanol–water partition coefficient (Wildman–Crippen LogP) is 6.16. The van der Waals surface area contributed by atoms with Crippen LogP contribution in [0.4, 0.5) is 17.6 Å². The number of hydrogen-bond acceptors (Lipinski definition) is 7. The van der Waals surface area contributed by atoms with Crippen LogP contribution in [0.5, 0.6) is 0 Å². The van der Waals surface area contributed by atoms with Crippen molar-refractivity contribution in [2.75, 3.05) is 45.9 Å². The van der Waals surface area contributed by atoms with Gasteiger partial charge in [0.15, 0.2) is 0 Å². The van der Waals surface area contributed by atoms with Gasteiger partial charge in [-0.15, -0.1) is 0 Å². The first kappa shape index (κ1) is 55.4. The average molecular weight is 916 g/mol. The number of rotatable bonds is 15. The summed E-state index contributed by atoms with van der Waals surface area (Å²) in [5.41, 5.74) is 12.8. The molecule has 4 rings (SSSR count). The topological polar surface area (TPSA) is 190 Å². The van der Waals surface area contributed by atoms with Crippen LogP contribution < -0.4 is 22.1 Å². The number of carbonyl (C=O) groups is 5. The summed E-state index contributed by atoms with van der Waals surface area (Å²) in [4.78, 5) is 57.8. The van der Waals surface area contributed by atoms with Crippen molar-refractivity contribution in [2.45, 2.75) is 85.4 Å².